The van der Waals surface area contributed by atoms with Crippen molar-refractivity contribution in [1.29, 1.82) is 0 Å². The number of halogens is 2. The summed E-state index contributed by atoms with van der Waals surface area (Å²) in [4.78, 5) is 10.8. The molecule has 3 rings (SSSR count). The molecule has 0 saturated carbocycles. The van der Waals surface area contributed by atoms with E-state index < -0.39 is 5.82 Å². The summed E-state index contributed by atoms with van der Waals surface area (Å²) in [7, 11) is 0. The minimum absolute atomic E-state index is 0.00379. The molecule has 0 unspecified atom stereocenters. The van der Waals surface area contributed by atoms with Crippen molar-refractivity contribution >= 4 is 17.1 Å². The van der Waals surface area contributed by atoms with Gasteiger partial charge >= 0.3 is 0 Å². The normalized spacial score (nSPS) is 10.7. The number of hydrogen-bond acceptors (Lipinski definition) is 1. The van der Waals surface area contributed by atoms with Gasteiger partial charge in [0.05, 0.1) is 5.56 Å². The predicted octanol–water partition coefficient (Wildman–Crippen LogP) is 4.60. The number of aldehydes is 1. The maximum atomic E-state index is 13.8. The Bertz CT molecular complexity index is 809. The molecule has 0 amide bonds. The van der Waals surface area contributed by atoms with E-state index in [2.05, 4.69) is 0 Å². The first-order valence-electron chi connectivity index (χ1n) is 6.13. The molecule has 98 valence electrons. The fourth-order valence-corrected chi connectivity index (χ4v) is 2.32. The molecule has 0 heterocycles. The smallest absolute Gasteiger partial charge is 0.153 e. The van der Waals surface area contributed by atoms with Crippen LogP contribution in [0.25, 0.3) is 21.9 Å². The molecular formula is C17H10F2O. The van der Waals surface area contributed by atoms with Crippen molar-refractivity contribution in [3.05, 3.63) is 71.8 Å². The van der Waals surface area contributed by atoms with Crippen LogP contribution in [0.15, 0.2) is 54.6 Å². The Hall–Kier alpha value is -2.55. The molecule has 0 aliphatic carbocycles. The highest BCUT2D eigenvalue weighted by Crippen LogP contribution is 2.30. The van der Waals surface area contributed by atoms with Crippen LogP contribution in [0.5, 0.6) is 0 Å². The van der Waals surface area contributed by atoms with Crippen LogP contribution in [0.2, 0.25) is 0 Å². The van der Waals surface area contributed by atoms with Gasteiger partial charge in [-0.15, -0.1) is 0 Å². The van der Waals surface area contributed by atoms with Gasteiger partial charge in [-0.3, -0.25) is 4.79 Å². The van der Waals surface area contributed by atoms with Gasteiger partial charge in [0.2, 0.25) is 0 Å². The molecule has 1 nitrogen and oxygen atoms in total. The van der Waals surface area contributed by atoms with Gasteiger partial charge < -0.3 is 0 Å². The first-order chi connectivity index (χ1) is 9.70. The molecule has 0 N–H and O–H groups in total. The second-order valence-electron chi connectivity index (χ2n) is 4.49. The Balaban J connectivity index is 2.30. The highest BCUT2D eigenvalue weighted by Gasteiger charge is 2.09. The largest absolute Gasteiger partial charge is 0.298 e. The molecule has 0 aromatic heterocycles. The topological polar surface area (TPSA) is 17.1 Å². The Kier molecular flexibility index (Phi) is 3.03. The average Bonchev–Trinajstić information content (AvgIpc) is 2.49. The van der Waals surface area contributed by atoms with Crippen LogP contribution >= 0.6 is 0 Å². The third-order valence-electron chi connectivity index (χ3n) is 3.30. The van der Waals surface area contributed by atoms with Crippen molar-refractivity contribution in [2.45, 2.75) is 0 Å². The summed E-state index contributed by atoms with van der Waals surface area (Å²) < 4.78 is 27.1. The van der Waals surface area contributed by atoms with Crippen LogP contribution in [0, 0.1) is 11.6 Å². The Morgan fingerprint density at radius 3 is 2.25 bits per heavy atom. The summed E-state index contributed by atoms with van der Waals surface area (Å²) in [6.07, 6.45) is 0.477. The van der Waals surface area contributed by atoms with Crippen molar-refractivity contribution in [2.75, 3.05) is 0 Å². The van der Waals surface area contributed by atoms with Gasteiger partial charge in [-0.1, -0.05) is 36.4 Å². The van der Waals surface area contributed by atoms with E-state index in [0.717, 1.165) is 10.9 Å². The summed E-state index contributed by atoms with van der Waals surface area (Å²) in [6, 6.07) is 14.4. The Morgan fingerprint density at radius 2 is 1.50 bits per heavy atom. The van der Waals surface area contributed by atoms with Crippen molar-refractivity contribution in [1.82, 2.24) is 0 Å². The molecule has 0 bridgehead atoms. The summed E-state index contributed by atoms with van der Waals surface area (Å²) >= 11 is 0. The lowest BCUT2D eigenvalue weighted by Gasteiger charge is -2.08. The fraction of sp³-hybridized carbons (Fsp3) is 0. The van der Waals surface area contributed by atoms with Gasteiger partial charge in [0.15, 0.2) is 6.29 Å². The van der Waals surface area contributed by atoms with Crippen LogP contribution < -0.4 is 0 Å². The molecule has 0 aliphatic heterocycles. The first-order valence-corrected chi connectivity index (χ1v) is 6.13. The first kappa shape index (κ1) is 12.5. The van der Waals surface area contributed by atoms with Gasteiger partial charge in [0, 0.05) is 5.39 Å². The number of benzene rings is 3. The lowest BCUT2D eigenvalue weighted by atomic mass is 9.97. The SMILES string of the molecule is O=Cc1cc(-c2ccc(F)c3ccccc23)ccc1F. The zero-order valence-corrected chi connectivity index (χ0v) is 10.4. The Labute approximate surface area is 114 Å². The van der Waals surface area contributed by atoms with E-state index in [0.29, 0.717) is 17.2 Å². The second kappa shape index (κ2) is 4.85. The van der Waals surface area contributed by atoms with Crippen LogP contribution in [-0.4, -0.2) is 6.29 Å². The lowest BCUT2D eigenvalue weighted by molar-refractivity contribution is 0.112. The lowest BCUT2D eigenvalue weighted by Crippen LogP contribution is -1.90. The van der Waals surface area contributed by atoms with Crippen LogP contribution in [0.1, 0.15) is 10.4 Å². The van der Waals surface area contributed by atoms with Crippen molar-refractivity contribution in [3.8, 4) is 11.1 Å². The maximum Gasteiger partial charge on any atom is 0.153 e. The standard InChI is InChI=1S/C17H10F2O/c18-16-7-5-11(9-12(16)10-20)13-6-8-17(19)15-4-2-1-3-14(13)15/h1-10H. The van der Waals surface area contributed by atoms with E-state index >= 15 is 0 Å². The zero-order valence-electron chi connectivity index (χ0n) is 10.4. The number of carbonyl (C=O) groups is 1. The van der Waals surface area contributed by atoms with Crippen LogP contribution in [0.3, 0.4) is 0 Å². The van der Waals surface area contributed by atoms with Gasteiger partial charge in [-0.2, -0.15) is 0 Å². The molecule has 3 aromatic carbocycles. The van der Waals surface area contributed by atoms with Gasteiger partial charge in [0.1, 0.15) is 11.6 Å². The highest BCUT2D eigenvalue weighted by atomic mass is 19.1. The number of hydrogen-bond donors (Lipinski definition) is 0. The van der Waals surface area contributed by atoms with Gasteiger partial charge in [0.25, 0.3) is 0 Å². The molecule has 3 aromatic rings. The molecule has 0 spiro atoms. The third kappa shape index (κ3) is 1.97. The molecule has 0 saturated heterocycles. The minimum Gasteiger partial charge on any atom is -0.298 e. The second-order valence-corrected chi connectivity index (χ2v) is 4.49. The maximum absolute atomic E-state index is 13.8. The molecule has 0 aliphatic rings. The molecule has 20 heavy (non-hydrogen) atoms. The van der Waals surface area contributed by atoms with Gasteiger partial charge in [-0.05, 0) is 34.7 Å². The zero-order chi connectivity index (χ0) is 14.1. The summed E-state index contributed by atoms with van der Waals surface area (Å²) in [5.41, 5.74) is 1.45. The van der Waals surface area contributed by atoms with E-state index in [-0.39, 0.29) is 11.4 Å². The van der Waals surface area contributed by atoms with E-state index in [4.69, 9.17) is 0 Å². The minimum atomic E-state index is -0.560. The molecule has 0 atom stereocenters. The average molecular weight is 268 g/mol. The van der Waals surface area contributed by atoms with Crippen molar-refractivity contribution < 1.29 is 13.6 Å². The predicted molar refractivity (Wildman–Crippen MR) is 74.7 cm³/mol. The number of carbonyl (C=O) groups excluding carboxylic acids is 1. The van der Waals surface area contributed by atoms with Crippen LogP contribution in [0.4, 0.5) is 8.78 Å². The van der Waals surface area contributed by atoms with Crippen molar-refractivity contribution in [3.63, 3.8) is 0 Å². The van der Waals surface area contributed by atoms with Gasteiger partial charge in [-0.25, -0.2) is 8.78 Å². The molecular weight excluding hydrogens is 258 g/mol. The number of fused-ring (bicyclic) bond motifs is 1. The van der Waals surface area contributed by atoms with Crippen LogP contribution in [-0.2, 0) is 0 Å². The monoisotopic (exact) mass is 268 g/mol. The van der Waals surface area contributed by atoms with Crippen molar-refractivity contribution in [2.24, 2.45) is 0 Å². The molecule has 0 fully saturated rings. The highest BCUT2D eigenvalue weighted by molar-refractivity contribution is 5.97. The summed E-state index contributed by atoms with van der Waals surface area (Å²) in [5, 5.41) is 1.23. The van der Waals surface area contributed by atoms with E-state index in [1.807, 2.05) is 6.07 Å². The Morgan fingerprint density at radius 1 is 0.800 bits per heavy atom. The summed E-state index contributed by atoms with van der Waals surface area (Å²) in [5.74, 6) is -0.864. The van der Waals surface area contributed by atoms with E-state index in [1.54, 1.807) is 30.3 Å². The third-order valence-corrected chi connectivity index (χ3v) is 3.30. The van der Waals surface area contributed by atoms with E-state index in [1.165, 1.54) is 18.2 Å². The summed E-state index contributed by atoms with van der Waals surface area (Å²) in [6.45, 7) is 0. The fourth-order valence-electron chi connectivity index (χ4n) is 2.32. The number of rotatable bonds is 2. The molecule has 0 radical (unpaired) electrons. The van der Waals surface area contributed by atoms with E-state index in [9.17, 15) is 13.6 Å². The quantitative estimate of drug-likeness (QED) is 0.621. The molecule has 3 heteroatoms.